The molecule has 2 bridgehead atoms. The van der Waals surface area contributed by atoms with Gasteiger partial charge in [0, 0.05) is 30.7 Å². The summed E-state index contributed by atoms with van der Waals surface area (Å²) in [7, 11) is 2.17. The van der Waals surface area contributed by atoms with Gasteiger partial charge in [0.1, 0.15) is 5.75 Å². The van der Waals surface area contributed by atoms with E-state index in [4.69, 9.17) is 0 Å². The Labute approximate surface area is 120 Å². The Bertz CT molecular complexity index is 529. The molecule has 4 heteroatoms. The number of amides is 1. The van der Waals surface area contributed by atoms with Crippen molar-refractivity contribution in [1.29, 1.82) is 0 Å². The normalized spacial score (nSPS) is 26.6. The lowest BCUT2D eigenvalue weighted by Gasteiger charge is -2.26. The van der Waals surface area contributed by atoms with Gasteiger partial charge in [-0.3, -0.25) is 9.69 Å². The van der Waals surface area contributed by atoms with Gasteiger partial charge in [0.05, 0.1) is 0 Å². The SMILES string of the molecule is Cc1ccc(C(=O)N2CCC3CCC(C2)N3C)cc1O. The molecule has 2 atom stereocenters. The smallest absolute Gasteiger partial charge is 0.254 e. The van der Waals surface area contributed by atoms with Crippen LogP contribution in [0.25, 0.3) is 0 Å². The number of aryl methyl sites for hydroxylation is 1. The number of nitrogens with zero attached hydrogens (tertiary/aromatic N) is 2. The third-order valence-electron chi connectivity index (χ3n) is 4.89. The molecule has 1 aromatic rings. The number of carbonyl (C=O) groups excluding carboxylic acids is 1. The third kappa shape index (κ3) is 2.29. The Morgan fingerprint density at radius 2 is 2.00 bits per heavy atom. The second-order valence-electron chi connectivity index (χ2n) is 6.09. The highest BCUT2D eigenvalue weighted by molar-refractivity contribution is 5.94. The van der Waals surface area contributed by atoms with Gasteiger partial charge in [-0.05, 0) is 50.9 Å². The minimum atomic E-state index is 0.0428. The van der Waals surface area contributed by atoms with E-state index in [2.05, 4.69) is 11.9 Å². The number of likely N-dealkylation sites (N-methyl/N-ethyl adjacent to an activating group) is 1. The van der Waals surface area contributed by atoms with Crippen molar-refractivity contribution in [2.45, 2.75) is 38.3 Å². The van der Waals surface area contributed by atoms with Gasteiger partial charge in [-0.15, -0.1) is 0 Å². The molecule has 2 heterocycles. The van der Waals surface area contributed by atoms with E-state index >= 15 is 0 Å². The fourth-order valence-corrected chi connectivity index (χ4v) is 3.42. The summed E-state index contributed by atoms with van der Waals surface area (Å²) in [5, 5.41) is 9.77. The fourth-order valence-electron chi connectivity index (χ4n) is 3.42. The standard InChI is InChI=1S/C16H22N2O2/c1-11-3-4-12(9-15(11)19)16(20)18-8-7-13-5-6-14(10-18)17(13)2/h3-4,9,13-14,19H,5-8,10H2,1-2H3. The van der Waals surface area contributed by atoms with Crippen molar-refractivity contribution in [3.05, 3.63) is 29.3 Å². The summed E-state index contributed by atoms with van der Waals surface area (Å²) < 4.78 is 0. The molecule has 1 amide bonds. The Hall–Kier alpha value is -1.55. The minimum Gasteiger partial charge on any atom is -0.508 e. The van der Waals surface area contributed by atoms with Gasteiger partial charge in [0.25, 0.3) is 5.91 Å². The molecule has 1 aromatic carbocycles. The number of rotatable bonds is 1. The molecule has 2 fully saturated rings. The van der Waals surface area contributed by atoms with Crippen molar-refractivity contribution in [3.8, 4) is 5.75 Å². The molecule has 20 heavy (non-hydrogen) atoms. The summed E-state index contributed by atoms with van der Waals surface area (Å²) in [6.07, 6.45) is 3.50. The molecule has 1 N–H and O–H groups in total. The monoisotopic (exact) mass is 274 g/mol. The first-order valence-corrected chi connectivity index (χ1v) is 7.37. The number of benzene rings is 1. The maximum absolute atomic E-state index is 12.6. The fraction of sp³-hybridized carbons (Fsp3) is 0.562. The van der Waals surface area contributed by atoms with E-state index in [1.807, 2.05) is 17.9 Å². The average Bonchev–Trinajstić information content (AvgIpc) is 2.66. The lowest BCUT2D eigenvalue weighted by atomic mass is 10.1. The number of phenolic OH excluding ortho intramolecular Hbond substituents is 1. The number of hydrogen-bond donors (Lipinski definition) is 1. The number of phenols is 1. The van der Waals surface area contributed by atoms with E-state index in [-0.39, 0.29) is 11.7 Å². The zero-order valence-electron chi connectivity index (χ0n) is 12.2. The van der Waals surface area contributed by atoms with Crippen LogP contribution in [-0.4, -0.2) is 53.0 Å². The summed E-state index contributed by atoms with van der Waals surface area (Å²) in [5.74, 6) is 0.241. The highest BCUT2D eigenvalue weighted by Gasteiger charge is 2.36. The number of hydrogen-bond acceptors (Lipinski definition) is 3. The van der Waals surface area contributed by atoms with E-state index in [9.17, 15) is 9.90 Å². The van der Waals surface area contributed by atoms with E-state index in [0.717, 1.165) is 25.1 Å². The van der Waals surface area contributed by atoms with Crippen molar-refractivity contribution in [2.24, 2.45) is 0 Å². The Morgan fingerprint density at radius 1 is 1.25 bits per heavy atom. The van der Waals surface area contributed by atoms with Crippen LogP contribution in [0.1, 0.15) is 35.2 Å². The predicted octanol–water partition coefficient (Wildman–Crippen LogP) is 2.01. The van der Waals surface area contributed by atoms with Crippen molar-refractivity contribution in [2.75, 3.05) is 20.1 Å². The molecule has 0 radical (unpaired) electrons. The Balaban J connectivity index is 1.78. The van der Waals surface area contributed by atoms with Crippen LogP contribution in [0.2, 0.25) is 0 Å². The Morgan fingerprint density at radius 3 is 2.75 bits per heavy atom. The molecule has 2 unspecified atom stereocenters. The molecular formula is C16H22N2O2. The molecule has 0 aromatic heterocycles. The van der Waals surface area contributed by atoms with Gasteiger partial charge in [0.15, 0.2) is 0 Å². The first-order valence-electron chi connectivity index (χ1n) is 7.37. The number of carbonyl (C=O) groups is 1. The quantitative estimate of drug-likeness (QED) is 0.852. The van der Waals surface area contributed by atoms with Gasteiger partial charge >= 0.3 is 0 Å². The average molecular weight is 274 g/mol. The van der Waals surface area contributed by atoms with Crippen LogP contribution in [0, 0.1) is 6.92 Å². The number of aromatic hydroxyl groups is 1. The van der Waals surface area contributed by atoms with E-state index < -0.39 is 0 Å². The van der Waals surface area contributed by atoms with E-state index in [1.54, 1.807) is 12.1 Å². The van der Waals surface area contributed by atoms with Gasteiger partial charge < -0.3 is 10.0 Å². The van der Waals surface area contributed by atoms with Crippen molar-refractivity contribution in [1.82, 2.24) is 9.80 Å². The number of likely N-dealkylation sites (tertiary alicyclic amines) is 1. The molecular weight excluding hydrogens is 252 g/mol. The summed E-state index contributed by atoms with van der Waals surface area (Å²) >= 11 is 0. The van der Waals surface area contributed by atoms with Crippen LogP contribution in [0.3, 0.4) is 0 Å². The Kier molecular flexibility index (Phi) is 3.42. The molecule has 0 spiro atoms. The predicted molar refractivity (Wildman–Crippen MR) is 77.9 cm³/mol. The topological polar surface area (TPSA) is 43.8 Å². The highest BCUT2D eigenvalue weighted by Crippen LogP contribution is 2.29. The maximum Gasteiger partial charge on any atom is 0.254 e. The van der Waals surface area contributed by atoms with Crippen molar-refractivity contribution in [3.63, 3.8) is 0 Å². The third-order valence-corrected chi connectivity index (χ3v) is 4.89. The van der Waals surface area contributed by atoms with Gasteiger partial charge in [-0.25, -0.2) is 0 Å². The van der Waals surface area contributed by atoms with Crippen LogP contribution >= 0.6 is 0 Å². The summed E-state index contributed by atoms with van der Waals surface area (Å²) in [6, 6.07) is 6.32. The van der Waals surface area contributed by atoms with Gasteiger partial charge in [-0.1, -0.05) is 6.07 Å². The van der Waals surface area contributed by atoms with Gasteiger partial charge in [-0.2, -0.15) is 0 Å². The van der Waals surface area contributed by atoms with Crippen LogP contribution < -0.4 is 0 Å². The minimum absolute atomic E-state index is 0.0428. The second-order valence-corrected chi connectivity index (χ2v) is 6.09. The van der Waals surface area contributed by atoms with E-state index in [1.165, 1.54) is 12.8 Å². The summed E-state index contributed by atoms with van der Waals surface area (Å²) in [6.45, 7) is 3.46. The summed E-state index contributed by atoms with van der Waals surface area (Å²) in [4.78, 5) is 17.0. The molecule has 4 nitrogen and oxygen atoms in total. The number of fused-ring (bicyclic) bond motifs is 2. The molecule has 108 valence electrons. The van der Waals surface area contributed by atoms with Crippen LogP contribution in [-0.2, 0) is 0 Å². The first kappa shape index (κ1) is 13.4. The second kappa shape index (κ2) is 5.09. The molecule has 2 aliphatic rings. The van der Waals surface area contributed by atoms with Crippen molar-refractivity contribution < 1.29 is 9.90 Å². The van der Waals surface area contributed by atoms with Crippen LogP contribution in [0.5, 0.6) is 5.75 Å². The van der Waals surface area contributed by atoms with Crippen LogP contribution in [0.4, 0.5) is 0 Å². The van der Waals surface area contributed by atoms with Crippen LogP contribution in [0.15, 0.2) is 18.2 Å². The molecule has 0 saturated carbocycles. The maximum atomic E-state index is 12.6. The molecule has 2 aliphatic heterocycles. The molecule has 2 saturated heterocycles. The first-order chi connectivity index (χ1) is 9.56. The zero-order chi connectivity index (χ0) is 14.3. The molecule has 0 aliphatic carbocycles. The molecule has 3 rings (SSSR count). The lowest BCUT2D eigenvalue weighted by molar-refractivity contribution is 0.0740. The zero-order valence-corrected chi connectivity index (χ0v) is 12.2. The van der Waals surface area contributed by atoms with Crippen molar-refractivity contribution >= 4 is 5.91 Å². The lowest BCUT2D eigenvalue weighted by Crippen LogP contribution is -2.39. The van der Waals surface area contributed by atoms with Gasteiger partial charge in [0.2, 0.25) is 0 Å². The van der Waals surface area contributed by atoms with E-state index in [0.29, 0.717) is 17.6 Å². The highest BCUT2D eigenvalue weighted by atomic mass is 16.3. The largest absolute Gasteiger partial charge is 0.508 e. The summed E-state index contributed by atoms with van der Waals surface area (Å²) in [5.41, 5.74) is 1.39.